The van der Waals surface area contributed by atoms with Gasteiger partial charge in [0.2, 0.25) is 9.84 Å². The maximum absolute atomic E-state index is 12.5. The molecule has 7 nitrogen and oxygen atoms in total. The zero-order valence-electron chi connectivity index (χ0n) is 10.5. The van der Waals surface area contributed by atoms with Gasteiger partial charge in [-0.05, 0) is 18.4 Å². The van der Waals surface area contributed by atoms with E-state index in [2.05, 4.69) is 0 Å². The summed E-state index contributed by atoms with van der Waals surface area (Å²) in [4.78, 5) is 21.1. The first-order valence-corrected chi connectivity index (χ1v) is 7.76. The molecule has 0 aliphatic rings. The average Bonchev–Trinajstić information content (AvgIpc) is 2.85. The molecule has 1 amide bonds. The zero-order valence-corrected chi connectivity index (χ0v) is 12.2. The molecule has 0 aliphatic carbocycles. The monoisotopic (exact) mass is 343 g/mol. The fourth-order valence-corrected chi connectivity index (χ4v) is 3.27. The average molecular weight is 343 g/mol. The van der Waals surface area contributed by atoms with Crippen molar-refractivity contribution in [2.45, 2.75) is 23.2 Å². The highest BCUT2D eigenvalue weighted by atomic mass is 32.2. The molecule has 1 aromatic heterocycles. The van der Waals surface area contributed by atoms with Crippen molar-refractivity contribution in [1.82, 2.24) is 5.32 Å². The number of halogens is 2. The molecule has 0 aromatic carbocycles. The third kappa shape index (κ3) is 3.74. The van der Waals surface area contributed by atoms with E-state index in [1.54, 1.807) is 0 Å². The minimum Gasteiger partial charge on any atom is -0.479 e. The Kier molecular flexibility index (Phi) is 5.02. The van der Waals surface area contributed by atoms with Crippen LogP contribution in [-0.4, -0.2) is 48.4 Å². The molecule has 1 heterocycles. The highest BCUT2D eigenvalue weighted by Crippen LogP contribution is 2.26. The molecule has 0 saturated carbocycles. The summed E-state index contributed by atoms with van der Waals surface area (Å²) in [6.45, 7) is 0.202. The van der Waals surface area contributed by atoms with Gasteiger partial charge in [0.1, 0.15) is 4.88 Å². The van der Waals surface area contributed by atoms with Gasteiger partial charge >= 0.3 is 11.7 Å². The summed E-state index contributed by atoms with van der Waals surface area (Å²) < 4.78 is 47.7. The number of rotatable bonds is 6. The van der Waals surface area contributed by atoms with Gasteiger partial charge in [-0.1, -0.05) is 0 Å². The van der Waals surface area contributed by atoms with Crippen LogP contribution < -0.4 is 5.32 Å². The van der Waals surface area contributed by atoms with Crippen molar-refractivity contribution in [2.24, 2.45) is 0 Å². The second-order valence-electron chi connectivity index (χ2n) is 4.18. The molecular formula is C10H11F2NO6S2. The van der Waals surface area contributed by atoms with E-state index in [0.29, 0.717) is 11.3 Å². The number of carboxylic acids is 1. The van der Waals surface area contributed by atoms with Crippen molar-refractivity contribution >= 4 is 33.1 Å². The molecule has 3 N–H and O–H groups in total. The van der Waals surface area contributed by atoms with E-state index < -0.39 is 49.4 Å². The van der Waals surface area contributed by atoms with Crippen LogP contribution in [-0.2, 0) is 14.6 Å². The summed E-state index contributed by atoms with van der Waals surface area (Å²) in [7, 11) is -4.94. The number of carbonyl (C=O) groups is 2. The Hall–Kier alpha value is -1.59. The number of alkyl halides is 2. The summed E-state index contributed by atoms with van der Waals surface area (Å²) in [5.74, 6) is -6.35. The Balaban J connectivity index is 2.97. The number of nitrogens with one attached hydrogen (secondary N) is 1. The second-order valence-corrected chi connectivity index (χ2v) is 6.98. The predicted molar refractivity (Wildman–Crippen MR) is 68.1 cm³/mol. The number of carbonyl (C=O) groups excluding carboxylic acids is 1. The summed E-state index contributed by atoms with van der Waals surface area (Å²) in [6.07, 6.45) is 0. The molecule has 21 heavy (non-hydrogen) atoms. The van der Waals surface area contributed by atoms with E-state index in [0.717, 1.165) is 18.4 Å². The number of thiophene rings is 1. The van der Waals surface area contributed by atoms with E-state index in [9.17, 15) is 31.9 Å². The minimum absolute atomic E-state index is 0.503. The molecule has 0 radical (unpaired) electrons. The van der Waals surface area contributed by atoms with E-state index in [1.807, 2.05) is 5.32 Å². The Morgan fingerprint density at radius 1 is 1.48 bits per heavy atom. The molecule has 1 aromatic rings. The topological polar surface area (TPSA) is 121 Å². The molecule has 118 valence electrons. The number of aliphatic hydroxyl groups is 1. The summed E-state index contributed by atoms with van der Waals surface area (Å²) in [5, 5.41) is 21.2. The van der Waals surface area contributed by atoms with Gasteiger partial charge in [0, 0.05) is 0 Å². The molecule has 0 aliphatic heterocycles. The quantitative estimate of drug-likeness (QED) is 0.684. The summed E-state index contributed by atoms with van der Waals surface area (Å²) >= 11 is 0.607. The highest BCUT2D eigenvalue weighted by molar-refractivity contribution is 7.92. The third-order valence-corrected chi connectivity index (χ3v) is 4.90. The maximum atomic E-state index is 12.5. The summed E-state index contributed by atoms with van der Waals surface area (Å²) in [5.41, 5.74) is -2.27. The molecule has 0 fully saturated rings. The van der Waals surface area contributed by atoms with Crippen LogP contribution in [0.15, 0.2) is 16.3 Å². The van der Waals surface area contributed by atoms with E-state index in [1.165, 1.54) is 0 Å². The van der Waals surface area contributed by atoms with Crippen LogP contribution in [0, 0.1) is 0 Å². The lowest BCUT2D eigenvalue weighted by Crippen LogP contribution is -2.46. The number of amides is 1. The van der Waals surface area contributed by atoms with Gasteiger partial charge in [0.15, 0.2) is 5.60 Å². The smallest absolute Gasteiger partial charge is 0.341 e. The molecule has 1 atom stereocenters. The fraction of sp³-hybridized carbons (Fsp3) is 0.400. The van der Waals surface area contributed by atoms with Gasteiger partial charge in [-0.3, -0.25) is 4.79 Å². The second kappa shape index (κ2) is 6.03. The maximum Gasteiger partial charge on any atom is 0.341 e. The van der Waals surface area contributed by atoms with Gasteiger partial charge in [-0.15, -0.1) is 11.3 Å². The van der Waals surface area contributed by atoms with Crippen molar-refractivity contribution in [2.75, 3.05) is 6.54 Å². The number of sulfone groups is 1. The Labute approximate surface area is 122 Å². The van der Waals surface area contributed by atoms with Crippen LogP contribution >= 0.6 is 11.3 Å². The highest BCUT2D eigenvalue weighted by Gasteiger charge is 2.34. The Morgan fingerprint density at radius 3 is 2.52 bits per heavy atom. The van der Waals surface area contributed by atoms with Crippen LogP contribution in [0.4, 0.5) is 8.78 Å². The predicted octanol–water partition coefficient (Wildman–Crippen LogP) is 0.310. The minimum atomic E-state index is -4.94. The first-order valence-electron chi connectivity index (χ1n) is 5.33. The first kappa shape index (κ1) is 17.5. The number of aliphatic carboxylic acids is 1. The number of carboxylic acid groups (broad SMARTS) is 1. The zero-order chi connectivity index (χ0) is 16.4. The van der Waals surface area contributed by atoms with Crippen molar-refractivity contribution in [3.8, 4) is 0 Å². The SMILES string of the molecule is CC(O)(CNC(=O)c1sccc1S(=O)(=O)C(F)F)C(=O)O. The van der Waals surface area contributed by atoms with Crippen LogP contribution in [0.25, 0.3) is 0 Å². The number of hydrogen-bond donors (Lipinski definition) is 3. The molecule has 1 rings (SSSR count). The van der Waals surface area contributed by atoms with Gasteiger partial charge in [0.25, 0.3) is 5.91 Å². The number of hydrogen-bond acceptors (Lipinski definition) is 6. The van der Waals surface area contributed by atoms with Crippen LogP contribution in [0.2, 0.25) is 0 Å². The van der Waals surface area contributed by atoms with Gasteiger partial charge in [0.05, 0.1) is 11.4 Å². The standard InChI is InChI=1S/C10H11F2NO6S2/c1-10(17,8(15)16)4-13-7(14)6-5(2-3-20-6)21(18,19)9(11)12/h2-3,9,17H,4H2,1H3,(H,13,14)(H,15,16). The third-order valence-electron chi connectivity index (χ3n) is 2.43. The lowest BCUT2D eigenvalue weighted by Gasteiger charge is -2.18. The molecule has 0 spiro atoms. The molecule has 0 saturated heterocycles. The fourth-order valence-electron chi connectivity index (χ4n) is 1.19. The summed E-state index contributed by atoms with van der Waals surface area (Å²) in [6, 6.07) is 0.858. The van der Waals surface area contributed by atoms with Crippen LogP contribution in [0.1, 0.15) is 16.6 Å². The molecule has 11 heteroatoms. The van der Waals surface area contributed by atoms with E-state index in [-0.39, 0.29) is 0 Å². The van der Waals surface area contributed by atoms with Crippen molar-refractivity contribution in [3.63, 3.8) is 0 Å². The molecular weight excluding hydrogens is 332 g/mol. The van der Waals surface area contributed by atoms with Crippen molar-refractivity contribution in [3.05, 3.63) is 16.3 Å². The van der Waals surface area contributed by atoms with Crippen molar-refractivity contribution in [1.29, 1.82) is 0 Å². The van der Waals surface area contributed by atoms with Crippen LogP contribution in [0.5, 0.6) is 0 Å². The largest absolute Gasteiger partial charge is 0.479 e. The van der Waals surface area contributed by atoms with Crippen LogP contribution in [0.3, 0.4) is 0 Å². The van der Waals surface area contributed by atoms with Crippen molar-refractivity contribution < 1.29 is 37.0 Å². The van der Waals surface area contributed by atoms with E-state index in [4.69, 9.17) is 5.11 Å². The van der Waals surface area contributed by atoms with Gasteiger partial charge < -0.3 is 15.5 Å². The molecule has 1 unspecified atom stereocenters. The lowest BCUT2D eigenvalue weighted by molar-refractivity contribution is -0.155. The Bertz CT molecular complexity index is 652. The Morgan fingerprint density at radius 2 is 2.05 bits per heavy atom. The normalized spacial score (nSPS) is 14.7. The van der Waals surface area contributed by atoms with Gasteiger partial charge in [-0.25, -0.2) is 13.2 Å². The molecule has 0 bridgehead atoms. The van der Waals surface area contributed by atoms with Gasteiger partial charge in [-0.2, -0.15) is 8.78 Å². The van der Waals surface area contributed by atoms with E-state index >= 15 is 0 Å². The first-order chi connectivity index (χ1) is 9.50. The lowest BCUT2D eigenvalue weighted by atomic mass is 10.1.